The number of nitrogens with two attached hydrogens (primary N) is 1. The van der Waals surface area contributed by atoms with Gasteiger partial charge in [0.05, 0.1) is 4.90 Å². The van der Waals surface area contributed by atoms with E-state index in [9.17, 15) is 13.2 Å². The van der Waals surface area contributed by atoms with Crippen LogP contribution in [0.1, 0.15) is 33.6 Å². The normalized spacial score (nSPS) is 17.9. The maximum Gasteiger partial charge on any atom is 0.243 e. The van der Waals surface area contributed by atoms with Gasteiger partial charge in [-0.3, -0.25) is 4.79 Å². The van der Waals surface area contributed by atoms with Crippen LogP contribution < -0.4 is 10.5 Å². The van der Waals surface area contributed by atoms with Crippen LogP contribution in [0.3, 0.4) is 0 Å². The van der Waals surface area contributed by atoms with Gasteiger partial charge < -0.3 is 10.5 Å². The number of carbonyl (C=O) groups excluding carboxylic acids is 1. The largest absolute Gasteiger partial charge is 0.488 e. The highest BCUT2D eigenvalue weighted by atomic mass is 32.2. The summed E-state index contributed by atoms with van der Waals surface area (Å²) in [6.45, 7) is 6.42. The number of hydrogen-bond acceptors (Lipinski definition) is 4. The third-order valence-corrected chi connectivity index (χ3v) is 5.65. The SMILES string of the molecule is CC(C)(C)Oc1ccc(S(=O)(=O)N2CCC(C(N)=O)CC2)cc1. The van der Waals surface area contributed by atoms with Gasteiger partial charge in [-0.15, -0.1) is 0 Å². The minimum atomic E-state index is -3.55. The van der Waals surface area contributed by atoms with E-state index in [1.54, 1.807) is 24.3 Å². The van der Waals surface area contributed by atoms with E-state index in [0.717, 1.165) is 0 Å². The van der Waals surface area contributed by atoms with E-state index in [1.165, 1.54) is 4.31 Å². The van der Waals surface area contributed by atoms with Crippen molar-refractivity contribution in [1.29, 1.82) is 0 Å². The number of amides is 1. The minimum Gasteiger partial charge on any atom is -0.488 e. The van der Waals surface area contributed by atoms with Gasteiger partial charge in [0.25, 0.3) is 0 Å². The van der Waals surface area contributed by atoms with E-state index in [0.29, 0.717) is 31.7 Å². The number of primary amides is 1. The molecule has 7 heteroatoms. The molecule has 1 aromatic rings. The molecular weight excluding hydrogens is 316 g/mol. The van der Waals surface area contributed by atoms with Crippen LogP contribution in [0, 0.1) is 5.92 Å². The van der Waals surface area contributed by atoms with Gasteiger partial charge >= 0.3 is 0 Å². The average Bonchev–Trinajstić information content (AvgIpc) is 2.46. The molecule has 2 rings (SSSR count). The van der Waals surface area contributed by atoms with E-state index >= 15 is 0 Å². The van der Waals surface area contributed by atoms with Gasteiger partial charge in [-0.1, -0.05) is 0 Å². The van der Waals surface area contributed by atoms with Crippen LogP contribution in [0.2, 0.25) is 0 Å². The molecule has 1 fully saturated rings. The molecular formula is C16H24N2O4S. The standard InChI is InChI=1S/C16H24N2O4S/c1-16(2,3)22-13-4-6-14(7-5-13)23(20,21)18-10-8-12(9-11-18)15(17)19/h4-7,12H,8-11H2,1-3H3,(H2,17,19). The second kappa shape index (κ2) is 6.49. The molecule has 0 aromatic heterocycles. The Kier molecular flexibility index (Phi) is 5.01. The molecule has 0 spiro atoms. The Balaban J connectivity index is 2.10. The molecule has 0 unspecified atom stereocenters. The lowest BCUT2D eigenvalue weighted by Crippen LogP contribution is -2.41. The maximum atomic E-state index is 12.6. The first-order chi connectivity index (χ1) is 10.6. The van der Waals surface area contributed by atoms with Crippen molar-refractivity contribution >= 4 is 15.9 Å². The van der Waals surface area contributed by atoms with Crippen molar-refractivity contribution in [2.45, 2.75) is 44.1 Å². The molecule has 1 aliphatic rings. The third-order valence-electron chi connectivity index (χ3n) is 3.74. The summed E-state index contributed by atoms with van der Waals surface area (Å²) in [6, 6.07) is 6.43. The Hall–Kier alpha value is -1.60. The van der Waals surface area contributed by atoms with Crippen molar-refractivity contribution < 1.29 is 17.9 Å². The zero-order valence-corrected chi connectivity index (χ0v) is 14.6. The second-order valence-corrected chi connectivity index (χ2v) is 8.70. The van der Waals surface area contributed by atoms with Crippen molar-refractivity contribution in [3.8, 4) is 5.75 Å². The minimum absolute atomic E-state index is 0.232. The molecule has 0 radical (unpaired) electrons. The molecule has 1 aromatic carbocycles. The zero-order chi connectivity index (χ0) is 17.3. The van der Waals surface area contributed by atoms with E-state index in [4.69, 9.17) is 10.5 Å². The number of piperidine rings is 1. The number of benzene rings is 1. The van der Waals surface area contributed by atoms with Gasteiger partial charge in [0, 0.05) is 19.0 Å². The highest BCUT2D eigenvalue weighted by Gasteiger charge is 2.31. The van der Waals surface area contributed by atoms with Crippen LogP contribution in [-0.2, 0) is 14.8 Å². The first-order valence-electron chi connectivity index (χ1n) is 7.68. The van der Waals surface area contributed by atoms with Crippen LogP contribution >= 0.6 is 0 Å². The van der Waals surface area contributed by atoms with Crippen molar-refractivity contribution in [1.82, 2.24) is 4.31 Å². The molecule has 128 valence electrons. The van der Waals surface area contributed by atoms with Gasteiger partial charge in [-0.25, -0.2) is 8.42 Å². The summed E-state index contributed by atoms with van der Waals surface area (Å²) < 4.78 is 32.4. The Morgan fingerprint density at radius 3 is 2.13 bits per heavy atom. The first-order valence-corrected chi connectivity index (χ1v) is 9.12. The lowest BCUT2D eigenvalue weighted by atomic mass is 9.98. The Morgan fingerprint density at radius 2 is 1.70 bits per heavy atom. The lowest BCUT2D eigenvalue weighted by molar-refractivity contribution is -0.122. The number of ether oxygens (including phenoxy) is 1. The van der Waals surface area contributed by atoms with E-state index < -0.39 is 10.0 Å². The fraction of sp³-hybridized carbons (Fsp3) is 0.562. The molecule has 23 heavy (non-hydrogen) atoms. The summed E-state index contributed by atoms with van der Waals surface area (Å²) in [5.41, 5.74) is 4.94. The van der Waals surface area contributed by atoms with Gasteiger partial charge in [0.15, 0.2) is 0 Å². The topological polar surface area (TPSA) is 89.7 Å². The molecule has 0 bridgehead atoms. The van der Waals surface area contributed by atoms with E-state index in [-0.39, 0.29) is 22.3 Å². The zero-order valence-electron chi connectivity index (χ0n) is 13.8. The van der Waals surface area contributed by atoms with Gasteiger partial charge in [0.1, 0.15) is 11.4 Å². The molecule has 6 nitrogen and oxygen atoms in total. The number of nitrogens with zero attached hydrogens (tertiary/aromatic N) is 1. The van der Waals surface area contributed by atoms with Crippen molar-refractivity contribution in [2.24, 2.45) is 11.7 Å². The summed E-state index contributed by atoms with van der Waals surface area (Å²) in [7, 11) is -3.55. The highest BCUT2D eigenvalue weighted by molar-refractivity contribution is 7.89. The van der Waals surface area contributed by atoms with Crippen LogP contribution in [0.5, 0.6) is 5.75 Å². The number of sulfonamides is 1. The monoisotopic (exact) mass is 340 g/mol. The van der Waals surface area contributed by atoms with E-state index in [1.807, 2.05) is 20.8 Å². The fourth-order valence-electron chi connectivity index (χ4n) is 2.56. The van der Waals surface area contributed by atoms with Crippen molar-refractivity contribution in [2.75, 3.05) is 13.1 Å². The van der Waals surface area contributed by atoms with E-state index in [2.05, 4.69) is 0 Å². The molecule has 1 saturated heterocycles. The third kappa shape index (κ3) is 4.45. The Bertz CT molecular complexity index is 654. The second-order valence-electron chi connectivity index (χ2n) is 6.77. The van der Waals surface area contributed by atoms with Crippen molar-refractivity contribution in [3.05, 3.63) is 24.3 Å². The average molecular weight is 340 g/mol. The fourth-order valence-corrected chi connectivity index (χ4v) is 4.03. The summed E-state index contributed by atoms with van der Waals surface area (Å²) >= 11 is 0. The molecule has 0 aliphatic carbocycles. The summed E-state index contributed by atoms with van der Waals surface area (Å²) in [5.74, 6) is 0.0404. The summed E-state index contributed by atoms with van der Waals surface area (Å²) in [4.78, 5) is 11.4. The molecule has 1 amide bonds. The Labute approximate surface area is 137 Å². The highest BCUT2D eigenvalue weighted by Crippen LogP contribution is 2.26. The van der Waals surface area contributed by atoms with Crippen LogP contribution in [0.15, 0.2) is 29.2 Å². The predicted molar refractivity (Wildman–Crippen MR) is 87.5 cm³/mol. The molecule has 1 heterocycles. The van der Waals surface area contributed by atoms with Crippen LogP contribution in [-0.4, -0.2) is 37.3 Å². The predicted octanol–water partition coefficient (Wildman–Crippen LogP) is 1.75. The van der Waals surface area contributed by atoms with Crippen molar-refractivity contribution in [3.63, 3.8) is 0 Å². The van der Waals surface area contributed by atoms with Crippen LogP contribution in [0.25, 0.3) is 0 Å². The van der Waals surface area contributed by atoms with Gasteiger partial charge in [-0.05, 0) is 57.9 Å². The smallest absolute Gasteiger partial charge is 0.243 e. The summed E-state index contributed by atoms with van der Waals surface area (Å²) in [5, 5.41) is 0. The van der Waals surface area contributed by atoms with Gasteiger partial charge in [0.2, 0.25) is 15.9 Å². The Morgan fingerprint density at radius 1 is 1.17 bits per heavy atom. The maximum absolute atomic E-state index is 12.6. The first kappa shape index (κ1) is 17.7. The molecule has 1 aliphatic heterocycles. The number of carbonyl (C=O) groups is 1. The molecule has 0 saturated carbocycles. The quantitative estimate of drug-likeness (QED) is 0.904. The summed E-state index contributed by atoms with van der Waals surface area (Å²) in [6.07, 6.45) is 0.944. The van der Waals surface area contributed by atoms with Gasteiger partial charge in [-0.2, -0.15) is 4.31 Å². The molecule has 0 atom stereocenters. The molecule has 2 N–H and O–H groups in total. The van der Waals surface area contributed by atoms with Crippen LogP contribution in [0.4, 0.5) is 0 Å². The number of hydrogen-bond donors (Lipinski definition) is 1. The lowest BCUT2D eigenvalue weighted by Gasteiger charge is -2.29. The number of rotatable bonds is 4.